The molecule has 2 atom stereocenters. The topological polar surface area (TPSA) is 36.9 Å². The second kappa shape index (κ2) is 8.10. The zero-order chi connectivity index (χ0) is 17.9. The van der Waals surface area contributed by atoms with Crippen molar-refractivity contribution in [3.8, 4) is 11.5 Å². The first-order chi connectivity index (χ1) is 12.0. The lowest BCUT2D eigenvalue weighted by molar-refractivity contribution is 0.258. The van der Waals surface area contributed by atoms with Crippen molar-refractivity contribution in [2.75, 3.05) is 27.4 Å². The van der Waals surface area contributed by atoms with E-state index in [9.17, 15) is 0 Å². The Hall–Kier alpha value is -0.390. The third kappa shape index (κ3) is 4.30. The molecule has 1 aliphatic rings. The van der Waals surface area contributed by atoms with E-state index < -0.39 is 10.9 Å². The van der Waals surface area contributed by atoms with Gasteiger partial charge in [-0.2, -0.15) is 0 Å². The second-order valence-electron chi connectivity index (χ2n) is 5.14. The van der Waals surface area contributed by atoms with Gasteiger partial charge >= 0.3 is 0 Å². The van der Waals surface area contributed by atoms with Gasteiger partial charge in [-0.3, -0.25) is 0 Å². The van der Waals surface area contributed by atoms with Crippen LogP contribution in [0, 0.1) is 0 Å². The Morgan fingerprint density at radius 1 is 0.760 bits per heavy atom. The average Bonchev–Trinajstić information content (AvgIpc) is 2.81. The Bertz CT molecular complexity index is 755. The van der Waals surface area contributed by atoms with Gasteiger partial charge in [0.05, 0.1) is 27.4 Å². The molecule has 25 heavy (non-hydrogen) atoms. The van der Waals surface area contributed by atoms with Crippen LogP contribution in [0.15, 0.2) is 48.5 Å². The molecular weight excluding hydrogens is 414 g/mol. The van der Waals surface area contributed by atoms with Crippen molar-refractivity contribution in [3.63, 3.8) is 0 Å². The molecule has 0 aromatic heterocycles. The normalized spacial score (nSPS) is 26.6. The Balaban J connectivity index is 1.95. The van der Waals surface area contributed by atoms with Crippen molar-refractivity contribution < 1.29 is 18.5 Å². The number of ether oxygens (including phenoxy) is 2. The van der Waals surface area contributed by atoms with E-state index in [4.69, 9.17) is 42.1 Å². The van der Waals surface area contributed by atoms with Crippen molar-refractivity contribution in [1.29, 1.82) is 0 Å². The zero-order valence-corrected chi connectivity index (χ0v) is 18.0. The molecule has 3 rings (SSSR count). The Kier molecular flexibility index (Phi) is 6.27. The first-order valence-corrected chi connectivity index (χ1v) is 15.0. The third-order valence-electron chi connectivity index (χ3n) is 3.60. The van der Waals surface area contributed by atoms with Crippen molar-refractivity contribution in [2.45, 2.75) is 0 Å². The van der Waals surface area contributed by atoms with E-state index in [0.717, 1.165) is 22.1 Å². The van der Waals surface area contributed by atoms with Crippen molar-refractivity contribution in [1.82, 2.24) is 0 Å². The number of hydrogen-bond acceptors (Lipinski definition) is 7. The molecule has 2 aromatic carbocycles. The first-order valence-electron chi connectivity index (χ1n) is 7.49. The van der Waals surface area contributed by atoms with Crippen LogP contribution in [0.25, 0.3) is 0 Å². The number of benzene rings is 2. The maximum Gasteiger partial charge on any atom is 0.155 e. The Labute approximate surface area is 161 Å². The molecule has 134 valence electrons. The average molecular weight is 432 g/mol. The van der Waals surface area contributed by atoms with Gasteiger partial charge in [0.25, 0.3) is 0 Å². The lowest BCUT2D eigenvalue weighted by atomic mass is 10.3. The summed E-state index contributed by atoms with van der Waals surface area (Å²) >= 11 is 13.4. The van der Waals surface area contributed by atoms with Crippen LogP contribution in [-0.4, -0.2) is 27.4 Å². The highest BCUT2D eigenvalue weighted by atomic mass is 33.2. The van der Waals surface area contributed by atoms with Crippen LogP contribution in [0.1, 0.15) is 0 Å². The fraction of sp³-hybridized carbons (Fsp3) is 0.250. The summed E-state index contributed by atoms with van der Waals surface area (Å²) in [4.78, 5) is 0. The van der Waals surface area contributed by atoms with Crippen LogP contribution in [0.4, 0.5) is 0 Å². The summed E-state index contributed by atoms with van der Waals surface area (Å²) in [6, 6.07) is 15.5. The molecule has 0 aliphatic carbocycles. The van der Waals surface area contributed by atoms with Crippen LogP contribution in [0.3, 0.4) is 0 Å². The van der Waals surface area contributed by atoms with Gasteiger partial charge in [0.2, 0.25) is 0 Å². The Morgan fingerprint density at radius 2 is 1.12 bits per heavy atom. The summed E-state index contributed by atoms with van der Waals surface area (Å²) in [5, 5.41) is 1.95. The summed E-state index contributed by atoms with van der Waals surface area (Å²) in [5.41, 5.74) is -4.72. The van der Waals surface area contributed by atoms with E-state index in [0.29, 0.717) is 13.2 Å². The minimum atomic E-state index is -2.36. The fourth-order valence-electron chi connectivity index (χ4n) is 2.28. The van der Waals surface area contributed by atoms with Crippen LogP contribution >= 0.6 is 21.9 Å². The Morgan fingerprint density at radius 3 is 1.44 bits per heavy atom. The lowest BCUT2D eigenvalue weighted by Crippen LogP contribution is -2.06. The second-order valence-corrected chi connectivity index (χ2v) is 18.4. The molecule has 1 fully saturated rings. The van der Waals surface area contributed by atoms with Gasteiger partial charge in [0.15, 0.2) is 10.9 Å². The quantitative estimate of drug-likeness (QED) is 0.675. The lowest BCUT2D eigenvalue weighted by Gasteiger charge is -2.25. The predicted molar refractivity (Wildman–Crippen MR) is 113 cm³/mol. The van der Waals surface area contributed by atoms with E-state index >= 15 is 0 Å². The van der Waals surface area contributed by atoms with Gasteiger partial charge < -0.3 is 18.5 Å². The van der Waals surface area contributed by atoms with E-state index in [1.165, 1.54) is 11.0 Å². The molecule has 0 amide bonds. The molecule has 0 radical (unpaired) electrons. The molecule has 1 aliphatic heterocycles. The number of hydrogen-bond donors (Lipinski definition) is 0. The van der Waals surface area contributed by atoms with E-state index in [2.05, 4.69) is 0 Å². The van der Waals surface area contributed by atoms with Gasteiger partial charge in [-0.1, -0.05) is 23.6 Å². The summed E-state index contributed by atoms with van der Waals surface area (Å²) in [6.07, 6.45) is 0. The van der Waals surface area contributed by atoms with Gasteiger partial charge in [-0.15, -0.1) is 0 Å². The summed E-state index contributed by atoms with van der Waals surface area (Å²) < 4.78 is 22.6. The van der Waals surface area contributed by atoms with Crippen LogP contribution in [0.2, 0.25) is 0 Å². The monoisotopic (exact) mass is 432 g/mol. The van der Waals surface area contributed by atoms with Gasteiger partial charge in [0, 0.05) is 10.6 Å². The van der Waals surface area contributed by atoms with Gasteiger partial charge in [0.1, 0.15) is 11.5 Å². The van der Waals surface area contributed by atoms with Crippen molar-refractivity contribution >= 4 is 56.2 Å². The molecule has 1 saturated heterocycles. The maximum atomic E-state index is 6.07. The minimum Gasteiger partial charge on any atom is -0.497 e. The van der Waals surface area contributed by atoms with Crippen LogP contribution in [0.5, 0.6) is 11.5 Å². The molecule has 0 N–H and O–H groups in total. The summed E-state index contributed by atoms with van der Waals surface area (Å²) in [7, 11) is 3.28. The molecule has 1 heterocycles. The smallest absolute Gasteiger partial charge is 0.155 e. The van der Waals surface area contributed by atoms with E-state index in [1.54, 1.807) is 14.2 Å². The molecule has 0 bridgehead atoms. The highest BCUT2D eigenvalue weighted by Gasteiger charge is 2.36. The molecule has 0 spiro atoms. The molecule has 2 aromatic rings. The van der Waals surface area contributed by atoms with Crippen LogP contribution < -0.4 is 20.1 Å². The largest absolute Gasteiger partial charge is 0.497 e. The molecule has 0 unspecified atom stereocenters. The molecular formula is C16H18O4P2S3. The summed E-state index contributed by atoms with van der Waals surface area (Å²) in [6.45, 7) is 0.899. The van der Waals surface area contributed by atoms with Gasteiger partial charge in [-0.25, -0.2) is 0 Å². The fourth-order valence-corrected chi connectivity index (χ4v) is 20.2. The zero-order valence-electron chi connectivity index (χ0n) is 13.8. The summed E-state index contributed by atoms with van der Waals surface area (Å²) in [5.74, 6) is 1.58. The van der Waals surface area contributed by atoms with E-state index in [-0.39, 0.29) is 0 Å². The molecule has 4 nitrogen and oxygen atoms in total. The highest BCUT2D eigenvalue weighted by Crippen LogP contribution is 2.78. The van der Waals surface area contributed by atoms with E-state index in [1.807, 2.05) is 48.5 Å². The maximum absolute atomic E-state index is 6.07. The number of rotatable bonds is 4. The van der Waals surface area contributed by atoms with Gasteiger partial charge in [-0.05, 0) is 59.5 Å². The van der Waals surface area contributed by atoms with Crippen LogP contribution in [-0.2, 0) is 32.7 Å². The SMILES string of the molecule is COc1ccc([P@@]2(=S)OCCO[P@](=S)(c3ccc(OC)cc3)S2)cc1. The standard InChI is InChI=1S/C16H18O4P2S3/c1-17-13-3-7-15(8-4-13)21(23)19-11-12-20-22(24,25-21)16-9-5-14(18-2)6-10-16/h3-10H,11-12H2,1-2H3/t21-,22-/m0/s1. The first kappa shape index (κ1) is 19.4. The molecule has 9 heteroatoms. The number of methoxy groups -OCH3 is 2. The highest BCUT2D eigenvalue weighted by molar-refractivity contribution is 9.00. The minimum absolute atomic E-state index is 0.449. The third-order valence-corrected chi connectivity index (χ3v) is 19.5. The predicted octanol–water partition coefficient (Wildman–Crippen LogP) is 4.05. The van der Waals surface area contributed by atoms with Crippen molar-refractivity contribution in [2.24, 2.45) is 0 Å². The molecule has 0 saturated carbocycles. The van der Waals surface area contributed by atoms with Crippen molar-refractivity contribution in [3.05, 3.63) is 48.5 Å².